The maximum absolute atomic E-state index is 2.20. The van der Waals surface area contributed by atoms with Gasteiger partial charge in [-0.3, -0.25) is 0 Å². The van der Waals surface area contributed by atoms with Crippen LogP contribution in [0.5, 0.6) is 0 Å². The first-order valence-electron chi connectivity index (χ1n) is 3.61. The zero-order valence-corrected chi connectivity index (χ0v) is 6.83. The molecule has 1 nitrogen and oxygen atoms in total. The summed E-state index contributed by atoms with van der Waals surface area (Å²) < 4.78 is 2.11. The van der Waals surface area contributed by atoms with Gasteiger partial charge in [0.15, 0.2) is 5.71 Å². The quantitative estimate of drug-likeness (QED) is 0.443. The van der Waals surface area contributed by atoms with Crippen molar-refractivity contribution >= 4 is 5.71 Å². The van der Waals surface area contributed by atoms with Crippen molar-refractivity contribution in [1.29, 1.82) is 0 Å². The summed E-state index contributed by atoms with van der Waals surface area (Å²) in [6, 6.07) is 0. The lowest BCUT2D eigenvalue weighted by atomic mass is 10.0. The first-order valence-corrected chi connectivity index (χ1v) is 3.61. The molecule has 1 aliphatic carbocycles. The largest absolute Gasteiger partial charge is 0.235 e. The van der Waals surface area contributed by atoms with Crippen LogP contribution in [0.2, 0.25) is 0 Å². The molecule has 0 aliphatic heterocycles. The van der Waals surface area contributed by atoms with Crippen LogP contribution in [0.25, 0.3) is 0 Å². The zero-order chi connectivity index (χ0) is 7.56. The molecule has 0 atom stereocenters. The number of rotatable bonds is 0. The highest BCUT2D eigenvalue weighted by Crippen LogP contribution is 2.05. The molecule has 0 unspecified atom stereocenters. The molecule has 0 spiro atoms. The van der Waals surface area contributed by atoms with Crippen LogP contribution in [0.15, 0.2) is 24.3 Å². The molecule has 1 rings (SSSR count). The average Bonchev–Trinajstić information content (AvgIpc) is 1.88. The maximum Gasteiger partial charge on any atom is 0.198 e. The minimum absolute atomic E-state index is 0.601. The summed E-state index contributed by atoms with van der Waals surface area (Å²) in [4.78, 5) is 0. The van der Waals surface area contributed by atoms with E-state index in [4.69, 9.17) is 0 Å². The Balaban J connectivity index is 2.81. The lowest BCUT2D eigenvalue weighted by Gasteiger charge is -2.02. The average molecular weight is 136 g/mol. The summed E-state index contributed by atoms with van der Waals surface area (Å²) in [7, 11) is 4.11. The highest BCUT2D eigenvalue weighted by Gasteiger charge is 2.04. The highest BCUT2D eigenvalue weighted by atomic mass is 14.9. The molecule has 0 aromatic carbocycles. The molecule has 54 valence electrons. The molecule has 0 amide bonds. The van der Waals surface area contributed by atoms with Crippen LogP contribution in [-0.4, -0.2) is 24.4 Å². The maximum atomic E-state index is 2.20. The molecule has 0 bridgehead atoms. The Kier molecular flexibility index (Phi) is 2.05. The first-order chi connectivity index (χ1) is 4.70. The first kappa shape index (κ1) is 7.26. The third-order valence-corrected chi connectivity index (χ3v) is 1.66. The van der Waals surface area contributed by atoms with E-state index >= 15 is 0 Å². The number of nitrogens with zero attached hydrogens (tertiary/aromatic N) is 1. The van der Waals surface area contributed by atoms with E-state index in [1.165, 1.54) is 5.71 Å². The fourth-order valence-electron chi connectivity index (χ4n) is 0.919. The van der Waals surface area contributed by atoms with E-state index in [0.29, 0.717) is 5.92 Å². The molecule has 0 saturated heterocycles. The van der Waals surface area contributed by atoms with Gasteiger partial charge < -0.3 is 0 Å². The molecular formula is C9H14N+. The summed E-state index contributed by atoms with van der Waals surface area (Å²) in [5.41, 5.74) is 1.28. The fraction of sp³-hybridized carbons (Fsp3) is 0.444. The Bertz CT molecular complexity index is 189. The van der Waals surface area contributed by atoms with Crippen LogP contribution in [0.1, 0.15) is 6.92 Å². The van der Waals surface area contributed by atoms with Gasteiger partial charge in [-0.15, -0.1) is 0 Å². The minimum Gasteiger partial charge on any atom is -0.235 e. The summed E-state index contributed by atoms with van der Waals surface area (Å²) in [6.45, 7) is 2.18. The van der Waals surface area contributed by atoms with E-state index in [-0.39, 0.29) is 0 Å². The van der Waals surface area contributed by atoms with Gasteiger partial charge >= 0.3 is 0 Å². The number of hydrogen-bond acceptors (Lipinski definition) is 0. The van der Waals surface area contributed by atoms with Gasteiger partial charge in [-0.05, 0) is 5.92 Å². The molecule has 0 heterocycles. The molecule has 0 aromatic rings. The molecule has 0 aromatic heterocycles. The normalized spacial score (nSPS) is 23.5. The van der Waals surface area contributed by atoms with Gasteiger partial charge in [-0.2, -0.15) is 0 Å². The smallest absolute Gasteiger partial charge is 0.198 e. The lowest BCUT2D eigenvalue weighted by Crippen LogP contribution is -2.10. The Morgan fingerprint density at radius 2 is 1.70 bits per heavy atom. The predicted molar refractivity (Wildman–Crippen MR) is 44.6 cm³/mol. The second-order valence-electron chi connectivity index (χ2n) is 2.90. The summed E-state index contributed by atoms with van der Waals surface area (Å²) >= 11 is 0. The van der Waals surface area contributed by atoms with E-state index in [1.807, 2.05) is 0 Å². The Morgan fingerprint density at radius 1 is 1.20 bits per heavy atom. The highest BCUT2D eigenvalue weighted by molar-refractivity contribution is 6.01. The van der Waals surface area contributed by atoms with Crippen LogP contribution < -0.4 is 0 Å². The Labute approximate surface area is 62.4 Å². The molecule has 0 radical (unpaired) electrons. The van der Waals surface area contributed by atoms with Crippen LogP contribution in [0, 0.1) is 5.92 Å². The molecule has 0 N–H and O–H groups in total. The van der Waals surface area contributed by atoms with Crippen molar-refractivity contribution in [2.45, 2.75) is 6.92 Å². The van der Waals surface area contributed by atoms with Crippen molar-refractivity contribution in [1.82, 2.24) is 0 Å². The molecule has 0 fully saturated rings. The number of allylic oxidation sites excluding steroid dienone is 4. The van der Waals surface area contributed by atoms with Crippen molar-refractivity contribution < 1.29 is 4.58 Å². The van der Waals surface area contributed by atoms with E-state index in [1.54, 1.807) is 0 Å². The predicted octanol–water partition coefficient (Wildman–Crippen LogP) is 1.46. The van der Waals surface area contributed by atoms with Gasteiger partial charge in [0.25, 0.3) is 0 Å². The topological polar surface area (TPSA) is 3.01 Å². The third-order valence-electron chi connectivity index (χ3n) is 1.66. The third kappa shape index (κ3) is 1.56. The number of hydrogen-bond donors (Lipinski definition) is 0. The zero-order valence-electron chi connectivity index (χ0n) is 6.83. The van der Waals surface area contributed by atoms with E-state index in [0.717, 1.165) is 0 Å². The second-order valence-corrected chi connectivity index (χ2v) is 2.90. The van der Waals surface area contributed by atoms with E-state index < -0.39 is 0 Å². The van der Waals surface area contributed by atoms with Crippen molar-refractivity contribution in [2.24, 2.45) is 5.92 Å². The Hall–Kier alpha value is -0.850. The second kappa shape index (κ2) is 2.82. The van der Waals surface area contributed by atoms with Gasteiger partial charge in [0, 0.05) is 12.2 Å². The fourth-order valence-corrected chi connectivity index (χ4v) is 0.919. The van der Waals surface area contributed by atoms with Gasteiger partial charge in [-0.1, -0.05) is 19.1 Å². The monoisotopic (exact) mass is 136 g/mol. The van der Waals surface area contributed by atoms with Gasteiger partial charge in [0.1, 0.15) is 14.1 Å². The summed E-state index contributed by atoms with van der Waals surface area (Å²) in [6.07, 6.45) is 8.72. The van der Waals surface area contributed by atoms with Crippen molar-refractivity contribution in [3.05, 3.63) is 24.3 Å². The van der Waals surface area contributed by atoms with E-state index in [9.17, 15) is 0 Å². The minimum atomic E-state index is 0.601. The SMILES string of the molecule is CC1C=CC(=[N+](C)C)C=C1. The van der Waals surface area contributed by atoms with Crippen molar-refractivity contribution in [3.63, 3.8) is 0 Å². The van der Waals surface area contributed by atoms with Gasteiger partial charge in [0.05, 0.1) is 0 Å². The lowest BCUT2D eigenvalue weighted by molar-refractivity contribution is -0.462. The van der Waals surface area contributed by atoms with Crippen LogP contribution in [-0.2, 0) is 0 Å². The van der Waals surface area contributed by atoms with Gasteiger partial charge in [0.2, 0.25) is 0 Å². The van der Waals surface area contributed by atoms with E-state index in [2.05, 4.69) is 49.9 Å². The Morgan fingerprint density at radius 3 is 2.10 bits per heavy atom. The summed E-state index contributed by atoms with van der Waals surface area (Å²) in [5.74, 6) is 0.601. The van der Waals surface area contributed by atoms with Crippen LogP contribution >= 0.6 is 0 Å². The standard InChI is InChI=1S/C9H14N/c1-8-4-6-9(7-5-8)10(2)3/h4-8H,1-3H3/q+1. The van der Waals surface area contributed by atoms with Gasteiger partial charge in [-0.25, -0.2) is 4.58 Å². The molecule has 1 aliphatic rings. The molecular weight excluding hydrogens is 122 g/mol. The van der Waals surface area contributed by atoms with Crippen molar-refractivity contribution in [3.8, 4) is 0 Å². The molecule has 1 heteroatoms. The van der Waals surface area contributed by atoms with Crippen molar-refractivity contribution in [2.75, 3.05) is 14.1 Å². The molecule has 10 heavy (non-hydrogen) atoms. The van der Waals surface area contributed by atoms with Crippen LogP contribution in [0.3, 0.4) is 0 Å². The summed E-state index contributed by atoms with van der Waals surface area (Å²) in [5, 5.41) is 0. The molecule has 0 saturated carbocycles. The van der Waals surface area contributed by atoms with Crippen LogP contribution in [0.4, 0.5) is 0 Å².